The molecule has 0 radical (unpaired) electrons. The number of rotatable bonds is 4. The second-order valence-corrected chi connectivity index (χ2v) is 11.9. The summed E-state index contributed by atoms with van der Waals surface area (Å²) in [7, 11) is 0. The lowest BCUT2D eigenvalue weighted by molar-refractivity contribution is 1.17. The highest BCUT2D eigenvalue weighted by atomic mass is 15.0. The summed E-state index contributed by atoms with van der Waals surface area (Å²) in [6, 6.07) is 56.6. The van der Waals surface area contributed by atoms with E-state index in [0.717, 1.165) is 66.5 Å². The molecule has 0 aliphatic rings. The number of hydrogen-bond donors (Lipinski definition) is 0. The molecule has 4 heteroatoms. The Morgan fingerprint density at radius 2 is 0.896 bits per heavy atom. The Kier molecular flexibility index (Phi) is 6.22. The van der Waals surface area contributed by atoms with Crippen molar-refractivity contribution in [3.63, 3.8) is 0 Å². The van der Waals surface area contributed by atoms with Crippen LogP contribution in [0.5, 0.6) is 0 Å². The normalized spacial score (nSPS) is 11.3. The van der Waals surface area contributed by atoms with E-state index in [1.165, 1.54) is 10.8 Å². The number of benzene rings is 7. The van der Waals surface area contributed by atoms with Gasteiger partial charge in [0.2, 0.25) is 5.69 Å². The fourth-order valence-electron chi connectivity index (χ4n) is 7.44. The smallest absolute Gasteiger partial charge is 0.211 e. The molecule has 0 unspecified atom stereocenters. The largest absolute Gasteiger partial charge is 0.318 e. The predicted molar refractivity (Wildman–Crippen MR) is 197 cm³/mol. The molecular formula is C44H26N4. The summed E-state index contributed by atoms with van der Waals surface area (Å²) in [5, 5.41) is 15.4. The summed E-state index contributed by atoms with van der Waals surface area (Å²) >= 11 is 0. The molecule has 0 saturated heterocycles. The molecule has 0 bridgehead atoms. The summed E-state index contributed by atoms with van der Waals surface area (Å²) in [4.78, 5) is 3.89. The number of aromatic nitrogens is 2. The van der Waals surface area contributed by atoms with Gasteiger partial charge in [0.15, 0.2) is 0 Å². The summed E-state index contributed by atoms with van der Waals surface area (Å²) in [6.45, 7) is 7.98. The predicted octanol–water partition coefficient (Wildman–Crippen LogP) is 11.6. The van der Waals surface area contributed by atoms with Crippen molar-refractivity contribution < 1.29 is 0 Å². The zero-order chi connectivity index (χ0) is 32.2. The van der Waals surface area contributed by atoms with Gasteiger partial charge in [0.25, 0.3) is 0 Å². The highest BCUT2D eigenvalue weighted by molar-refractivity contribution is 6.14. The van der Waals surface area contributed by atoms with E-state index in [1.54, 1.807) is 0 Å². The summed E-state index contributed by atoms with van der Waals surface area (Å²) < 4.78 is 4.44. The van der Waals surface area contributed by atoms with E-state index in [1.807, 2.05) is 48.5 Å². The molecule has 0 atom stereocenters. The average Bonchev–Trinajstić information content (AvgIpc) is 3.67. The minimum atomic E-state index is 0.554. The van der Waals surface area contributed by atoms with Crippen LogP contribution in [-0.2, 0) is 0 Å². The van der Waals surface area contributed by atoms with Crippen LogP contribution >= 0.6 is 0 Å². The van der Waals surface area contributed by atoms with Crippen LogP contribution in [0.4, 0.5) is 5.69 Å². The van der Waals surface area contributed by atoms with E-state index in [2.05, 4.69) is 129 Å². The van der Waals surface area contributed by atoms with Crippen molar-refractivity contribution in [3.8, 4) is 39.7 Å². The Hall–Kier alpha value is -6.88. The van der Waals surface area contributed by atoms with E-state index in [9.17, 15) is 5.26 Å². The Balaban J connectivity index is 1.32. The lowest BCUT2D eigenvalue weighted by Crippen LogP contribution is -2.01. The van der Waals surface area contributed by atoms with Crippen LogP contribution in [0.3, 0.4) is 0 Å². The van der Waals surface area contributed by atoms with E-state index in [4.69, 9.17) is 6.57 Å². The van der Waals surface area contributed by atoms with Gasteiger partial charge in [0, 0.05) is 27.3 Å². The molecular weight excluding hydrogens is 585 g/mol. The molecule has 0 saturated carbocycles. The van der Waals surface area contributed by atoms with Gasteiger partial charge in [-0.15, -0.1) is 0 Å². The molecule has 9 aromatic rings. The van der Waals surface area contributed by atoms with E-state index >= 15 is 0 Å². The molecule has 2 heterocycles. The first-order valence-electron chi connectivity index (χ1n) is 15.9. The summed E-state index contributed by atoms with van der Waals surface area (Å²) in [6.07, 6.45) is 0. The van der Waals surface area contributed by atoms with Gasteiger partial charge in [-0.1, -0.05) is 127 Å². The Morgan fingerprint density at radius 3 is 1.54 bits per heavy atom. The Bertz CT molecular complexity index is 2760. The molecule has 0 aliphatic heterocycles. The van der Waals surface area contributed by atoms with Gasteiger partial charge in [-0.2, -0.15) is 5.26 Å². The van der Waals surface area contributed by atoms with Gasteiger partial charge < -0.3 is 9.13 Å². The van der Waals surface area contributed by atoms with Crippen LogP contribution in [0.1, 0.15) is 5.56 Å². The molecule has 48 heavy (non-hydrogen) atoms. The van der Waals surface area contributed by atoms with Crippen molar-refractivity contribution in [2.24, 2.45) is 0 Å². The van der Waals surface area contributed by atoms with Crippen LogP contribution < -0.4 is 0 Å². The van der Waals surface area contributed by atoms with Crippen molar-refractivity contribution in [3.05, 3.63) is 175 Å². The highest BCUT2D eigenvalue weighted by Crippen LogP contribution is 2.43. The second kappa shape index (κ2) is 10.9. The standard InChI is InChI=1S/C44H26N4/c1-46-38-22-12-21-36-35-19-7-11-26-42(35)48(44(36)38)43-27-13-20-31(37(43)28-45)29-14-2-3-15-30(29)32-16-4-8-23-39(32)47-40-24-9-5-17-33(40)34-18-6-10-25-41(34)47/h2-27H. The SMILES string of the molecule is [C-]#[N+]c1cccc2c3ccccc3n(-c3cccc(-c4ccccc4-c4ccccc4-n4c5ccccc5c5ccccc54)c3C#N)c12. The van der Waals surface area contributed by atoms with Gasteiger partial charge in [-0.25, -0.2) is 4.85 Å². The molecule has 7 aromatic carbocycles. The van der Waals surface area contributed by atoms with Crippen molar-refractivity contribution in [2.45, 2.75) is 0 Å². The first-order chi connectivity index (χ1) is 23.8. The highest BCUT2D eigenvalue weighted by Gasteiger charge is 2.22. The Labute approximate surface area is 277 Å². The summed E-state index contributed by atoms with van der Waals surface area (Å²) in [5.74, 6) is 0. The van der Waals surface area contributed by atoms with Gasteiger partial charge in [0.1, 0.15) is 6.07 Å². The molecule has 9 rings (SSSR count). The molecule has 222 valence electrons. The van der Waals surface area contributed by atoms with Gasteiger partial charge in [-0.05, 0) is 46.8 Å². The van der Waals surface area contributed by atoms with Crippen LogP contribution in [0.15, 0.2) is 158 Å². The second-order valence-electron chi connectivity index (χ2n) is 11.9. The first-order valence-corrected chi connectivity index (χ1v) is 15.9. The molecule has 0 fully saturated rings. The lowest BCUT2D eigenvalue weighted by atomic mass is 9.90. The third kappa shape index (κ3) is 3.94. The van der Waals surface area contributed by atoms with Crippen LogP contribution in [0.2, 0.25) is 0 Å². The van der Waals surface area contributed by atoms with Gasteiger partial charge >= 0.3 is 0 Å². The third-order valence-corrected chi connectivity index (χ3v) is 9.42. The number of fused-ring (bicyclic) bond motifs is 6. The van der Waals surface area contributed by atoms with Gasteiger partial charge in [-0.3, -0.25) is 0 Å². The van der Waals surface area contributed by atoms with Gasteiger partial charge in [0.05, 0.1) is 45.6 Å². The van der Waals surface area contributed by atoms with Crippen molar-refractivity contribution >= 4 is 49.3 Å². The zero-order valence-electron chi connectivity index (χ0n) is 25.8. The minimum absolute atomic E-state index is 0.554. The van der Waals surface area contributed by atoms with Crippen LogP contribution in [0.25, 0.3) is 82.1 Å². The number of nitriles is 1. The van der Waals surface area contributed by atoms with E-state index in [0.29, 0.717) is 11.3 Å². The topological polar surface area (TPSA) is 38.0 Å². The number of para-hydroxylation sites is 5. The van der Waals surface area contributed by atoms with Crippen molar-refractivity contribution in [1.82, 2.24) is 9.13 Å². The first kappa shape index (κ1) is 27.4. The molecule has 4 nitrogen and oxygen atoms in total. The van der Waals surface area contributed by atoms with Crippen molar-refractivity contribution in [2.75, 3.05) is 0 Å². The molecule has 0 aliphatic carbocycles. The molecule has 0 spiro atoms. The maximum atomic E-state index is 10.9. The lowest BCUT2D eigenvalue weighted by Gasteiger charge is -2.19. The monoisotopic (exact) mass is 610 g/mol. The fraction of sp³-hybridized carbons (Fsp3) is 0. The van der Waals surface area contributed by atoms with Crippen LogP contribution in [0, 0.1) is 17.9 Å². The summed E-state index contributed by atoms with van der Waals surface area (Å²) in [5.41, 5.74) is 10.9. The average molecular weight is 611 g/mol. The van der Waals surface area contributed by atoms with Crippen LogP contribution in [-0.4, -0.2) is 9.13 Å². The number of hydrogen-bond acceptors (Lipinski definition) is 1. The van der Waals surface area contributed by atoms with Crippen molar-refractivity contribution in [1.29, 1.82) is 5.26 Å². The minimum Gasteiger partial charge on any atom is -0.318 e. The number of nitrogens with zero attached hydrogens (tertiary/aromatic N) is 4. The molecule has 0 N–H and O–H groups in total. The zero-order valence-corrected chi connectivity index (χ0v) is 25.8. The Morgan fingerprint density at radius 1 is 0.438 bits per heavy atom. The molecule has 2 aromatic heterocycles. The van der Waals surface area contributed by atoms with E-state index in [-0.39, 0.29) is 0 Å². The third-order valence-electron chi connectivity index (χ3n) is 9.42. The van der Waals surface area contributed by atoms with E-state index < -0.39 is 0 Å². The maximum Gasteiger partial charge on any atom is 0.211 e. The molecule has 0 amide bonds. The quantitative estimate of drug-likeness (QED) is 0.183. The maximum absolute atomic E-state index is 10.9. The fourth-order valence-corrected chi connectivity index (χ4v) is 7.44.